The standard InChI is InChI=1S/C12H20O3/c1-12(2,3)10-6-5-8(13)7-9(10)11(14)15-4/h9-10H,5-7H2,1-4H3. The summed E-state index contributed by atoms with van der Waals surface area (Å²) in [6.07, 6.45) is 1.77. The molecule has 0 aromatic carbocycles. The number of Topliss-reactive ketones (excluding diaryl/α,β-unsaturated/α-hetero) is 1. The number of ether oxygens (including phenoxy) is 1. The SMILES string of the molecule is COC(=O)C1CC(=O)CCC1C(C)(C)C. The predicted molar refractivity (Wildman–Crippen MR) is 57.3 cm³/mol. The van der Waals surface area contributed by atoms with E-state index in [1.54, 1.807) is 0 Å². The Morgan fingerprint density at radius 3 is 2.47 bits per heavy atom. The lowest BCUT2D eigenvalue weighted by molar-refractivity contribution is -0.153. The van der Waals surface area contributed by atoms with Gasteiger partial charge in [0.15, 0.2) is 0 Å². The number of hydrogen-bond donors (Lipinski definition) is 0. The highest BCUT2D eigenvalue weighted by atomic mass is 16.5. The van der Waals surface area contributed by atoms with E-state index in [4.69, 9.17) is 4.74 Å². The monoisotopic (exact) mass is 212 g/mol. The largest absolute Gasteiger partial charge is 0.469 e. The Bertz CT molecular complexity index is 263. The molecule has 1 fully saturated rings. The van der Waals surface area contributed by atoms with Crippen LogP contribution in [0.3, 0.4) is 0 Å². The summed E-state index contributed by atoms with van der Waals surface area (Å²) in [6.45, 7) is 6.34. The smallest absolute Gasteiger partial charge is 0.309 e. The van der Waals surface area contributed by atoms with Crippen molar-refractivity contribution < 1.29 is 14.3 Å². The van der Waals surface area contributed by atoms with Gasteiger partial charge >= 0.3 is 5.97 Å². The summed E-state index contributed by atoms with van der Waals surface area (Å²) < 4.78 is 4.77. The first-order chi connectivity index (χ1) is 6.86. The molecule has 0 aromatic heterocycles. The van der Waals surface area contributed by atoms with Crippen LogP contribution in [0.2, 0.25) is 0 Å². The minimum atomic E-state index is -0.240. The van der Waals surface area contributed by atoms with Gasteiger partial charge in [-0.3, -0.25) is 9.59 Å². The van der Waals surface area contributed by atoms with Gasteiger partial charge in [-0.25, -0.2) is 0 Å². The molecule has 2 unspecified atom stereocenters. The molecular formula is C12H20O3. The lowest BCUT2D eigenvalue weighted by Gasteiger charge is -2.38. The van der Waals surface area contributed by atoms with Crippen molar-refractivity contribution in [2.75, 3.05) is 7.11 Å². The van der Waals surface area contributed by atoms with Gasteiger partial charge in [-0.2, -0.15) is 0 Å². The van der Waals surface area contributed by atoms with E-state index < -0.39 is 0 Å². The van der Waals surface area contributed by atoms with Crippen molar-refractivity contribution in [3.8, 4) is 0 Å². The minimum absolute atomic E-state index is 0.0551. The summed E-state index contributed by atoms with van der Waals surface area (Å²) in [6, 6.07) is 0. The maximum Gasteiger partial charge on any atom is 0.309 e. The fraction of sp³-hybridized carbons (Fsp3) is 0.833. The van der Waals surface area contributed by atoms with E-state index in [1.165, 1.54) is 7.11 Å². The third-order valence-corrected chi connectivity index (χ3v) is 3.28. The van der Waals surface area contributed by atoms with Gasteiger partial charge in [0.05, 0.1) is 13.0 Å². The highest BCUT2D eigenvalue weighted by molar-refractivity contribution is 5.86. The molecule has 0 aliphatic heterocycles. The maximum atomic E-state index is 11.6. The van der Waals surface area contributed by atoms with Crippen LogP contribution in [0.15, 0.2) is 0 Å². The second kappa shape index (κ2) is 4.33. The van der Waals surface area contributed by atoms with Crippen molar-refractivity contribution in [1.82, 2.24) is 0 Å². The number of methoxy groups -OCH3 is 1. The van der Waals surface area contributed by atoms with Crippen LogP contribution in [0, 0.1) is 17.3 Å². The van der Waals surface area contributed by atoms with Gasteiger partial charge in [-0.1, -0.05) is 20.8 Å². The molecule has 0 aromatic rings. The lowest BCUT2D eigenvalue weighted by atomic mass is 9.66. The van der Waals surface area contributed by atoms with E-state index in [2.05, 4.69) is 20.8 Å². The molecule has 1 aliphatic rings. The highest BCUT2D eigenvalue weighted by Crippen LogP contribution is 2.41. The number of hydrogen-bond acceptors (Lipinski definition) is 3. The fourth-order valence-electron chi connectivity index (χ4n) is 2.44. The van der Waals surface area contributed by atoms with Crippen LogP contribution in [0.4, 0.5) is 0 Å². The molecule has 1 rings (SSSR count). The van der Waals surface area contributed by atoms with E-state index in [9.17, 15) is 9.59 Å². The number of rotatable bonds is 1. The van der Waals surface area contributed by atoms with Gasteiger partial charge in [0.25, 0.3) is 0 Å². The third kappa shape index (κ3) is 2.80. The maximum absolute atomic E-state index is 11.6. The molecule has 0 bridgehead atoms. The molecule has 2 atom stereocenters. The van der Waals surface area contributed by atoms with Crippen LogP contribution < -0.4 is 0 Å². The Morgan fingerprint density at radius 2 is 2.00 bits per heavy atom. The molecule has 1 saturated carbocycles. The molecule has 0 saturated heterocycles. The Balaban J connectivity index is 2.84. The quantitative estimate of drug-likeness (QED) is 0.626. The molecule has 0 radical (unpaired) electrons. The summed E-state index contributed by atoms with van der Waals surface area (Å²) in [4.78, 5) is 23.0. The summed E-state index contributed by atoms with van der Waals surface area (Å²) in [7, 11) is 1.39. The second-order valence-electron chi connectivity index (χ2n) is 5.38. The van der Waals surface area contributed by atoms with Crippen molar-refractivity contribution in [2.45, 2.75) is 40.0 Å². The first kappa shape index (κ1) is 12.2. The molecule has 0 heterocycles. The number of carbonyl (C=O) groups excluding carboxylic acids is 2. The minimum Gasteiger partial charge on any atom is -0.469 e. The molecule has 0 spiro atoms. The van der Waals surface area contributed by atoms with Gasteiger partial charge in [0.2, 0.25) is 0 Å². The Morgan fingerprint density at radius 1 is 1.40 bits per heavy atom. The zero-order valence-corrected chi connectivity index (χ0v) is 10.0. The van der Waals surface area contributed by atoms with Gasteiger partial charge in [-0.15, -0.1) is 0 Å². The van der Waals surface area contributed by atoms with Gasteiger partial charge in [-0.05, 0) is 17.8 Å². The van der Waals surface area contributed by atoms with Crippen molar-refractivity contribution in [2.24, 2.45) is 17.3 Å². The first-order valence-electron chi connectivity index (χ1n) is 5.45. The summed E-state index contributed by atoms with van der Waals surface area (Å²) in [5.74, 6) is -0.0345. The molecule has 0 amide bonds. The number of ketones is 1. The Kier molecular flexibility index (Phi) is 3.53. The second-order valence-corrected chi connectivity index (χ2v) is 5.38. The summed E-state index contributed by atoms with van der Waals surface area (Å²) in [5, 5.41) is 0. The third-order valence-electron chi connectivity index (χ3n) is 3.28. The van der Waals surface area contributed by atoms with Gasteiger partial charge < -0.3 is 4.74 Å². The Labute approximate surface area is 91.2 Å². The van der Waals surface area contributed by atoms with Crippen molar-refractivity contribution in [1.29, 1.82) is 0 Å². The fourth-order valence-corrected chi connectivity index (χ4v) is 2.44. The number of carbonyl (C=O) groups is 2. The van der Waals surface area contributed by atoms with Gasteiger partial charge in [0.1, 0.15) is 5.78 Å². The molecule has 86 valence electrons. The molecular weight excluding hydrogens is 192 g/mol. The first-order valence-corrected chi connectivity index (χ1v) is 5.45. The van der Waals surface area contributed by atoms with Crippen LogP contribution in [0.5, 0.6) is 0 Å². The van der Waals surface area contributed by atoms with Crippen molar-refractivity contribution in [3.05, 3.63) is 0 Å². The molecule has 15 heavy (non-hydrogen) atoms. The van der Waals surface area contributed by atoms with Crippen LogP contribution in [0.1, 0.15) is 40.0 Å². The Hall–Kier alpha value is -0.860. The molecule has 3 nitrogen and oxygen atoms in total. The zero-order chi connectivity index (χ0) is 11.6. The summed E-state index contributed by atoms with van der Waals surface area (Å²) >= 11 is 0. The van der Waals surface area contributed by atoms with E-state index in [1.807, 2.05) is 0 Å². The lowest BCUT2D eigenvalue weighted by Crippen LogP contribution is -2.38. The van der Waals surface area contributed by atoms with E-state index in [-0.39, 0.29) is 29.0 Å². The average molecular weight is 212 g/mol. The topological polar surface area (TPSA) is 43.4 Å². The molecule has 0 N–H and O–H groups in total. The average Bonchev–Trinajstić information content (AvgIpc) is 2.14. The summed E-state index contributed by atoms with van der Waals surface area (Å²) in [5.41, 5.74) is 0.0551. The van der Waals surface area contributed by atoms with Crippen LogP contribution in [-0.4, -0.2) is 18.9 Å². The van der Waals surface area contributed by atoms with Crippen molar-refractivity contribution in [3.63, 3.8) is 0 Å². The zero-order valence-electron chi connectivity index (χ0n) is 10.0. The predicted octanol–water partition coefficient (Wildman–Crippen LogP) is 2.19. The van der Waals surface area contributed by atoms with Crippen molar-refractivity contribution >= 4 is 11.8 Å². The normalized spacial score (nSPS) is 27.6. The highest BCUT2D eigenvalue weighted by Gasteiger charge is 2.41. The number of esters is 1. The van der Waals surface area contributed by atoms with E-state index >= 15 is 0 Å². The van der Waals surface area contributed by atoms with E-state index in [0.717, 1.165) is 6.42 Å². The molecule has 1 aliphatic carbocycles. The van der Waals surface area contributed by atoms with Crippen LogP contribution in [-0.2, 0) is 14.3 Å². The van der Waals surface area contributed by atoms with Crippen LogP contribution in [0.25, 0.3) is 0 Å². The van der Waals surface area contributed by atoms with Gasteiger partial charge in [0, 0.05) is 12.8 Å². The van der Waals surface area contributed by atoms with E-state index in [0.29, 0.717) is 12.8 Å². The van der Waals surface area contributed by atoms with Crippen LogP contribution >= 0.6 is 0 Å². The molecule has 3 heteroatoms.